The minimum Gasteiger partial charge on any atom is -0.454 e. The summed E-state index contributed by atoms with van der Waals surface area (Å²) in [5, 5.41) is 0. The topological polar surface area (TPSA) is 91.8 Å². The highest BCUT2D eigenvalue weighted by molar-refractivity contribution is 7.85. The van der Waals surface area contributed by atoms with Crippen LogP contribution in [0.3, 0.4) is 0 Å². The van der Waals surface area contributed by atoms with Gasteiger partial charge < -0.3 is 19.5 Å². The molecule has 0 radical (unpaired) electrons. The van der Waals surface area contributed by atoms with Gasteiger partial charge in [0.25, 0.3) is 5.56 Å². The highest BCUT2D eigenvalue weighted by atomic mass is 32.2. The van der Waals surface area contributed by atoms with E-state index >= 15 is 0 Å². The van der Waals surface area contributed by atoms with Crippen LogP contribution in [-0.2, 0) is 18.0 Å². The highest BCUT2D eigenvalue weighted by Gasteiger charge is 2.15. The molecule has 0 spiro atoms. The molecule has 0 saturated carbocycles. The largest absolute Gasteiger partial charge is 0.454 e. The van der Waals surface area contributed by atoms with Crippen molar-refractivity contribution in [2.75, 3.05) is 11.0 Å². The first-order valence-corrected chi connectivity index (χ1v) is 9.54. The third-order valence-electron chi connectivity index (χ3n) is 3.81. The van der Waals surface area contributed by atoms with Gasteiger partial charge in [0.1, 0.15) is 22.6 Å². The Bertz CT molecular complexity index is 1110. The fourth-order valence-corrected chi connectivity index (χ4v) is 3.03. The lowest BCUT2D eigenvalue weighted by molar-refractivity contribution is 0.439. The summed E-state index contributed by atoms with van der Waals surface area (Å²) in [5.74, 6) is -2.73. The molecule has 0 bridgehead atoms. The summed E-state index contributed by atoms with van der Waals surface area (Å²) < 4.78 is 61.8. The summed E-state index contributed by atoms with van der Waals surface area (Å²) in [6.07, 6.45) is 2.82. The van der Waals surface area contributed by atoms with Crippen LogP contribution >= 0.6 is 0 Å². The van der Waals surface area contributed by atoms with Crippen molar-refractivity contribution in [1.82, 2.24) is 4.57 Å². The normalized spacial score (nSPS) is 11.5. The van der Waals surface area contributed by atoms with Gasteiger partial charge >= 0.3 is 0 Å². The Hall–Kier alpha value is -3.11. The maximum atomic E-state index is 14.0. The first kappa shape index (κ1) is 22.2. The molecule has 1 atom stereocenters. The second-order valence-electron chi connectivity index (χ2n) is 5.94. The Morgan fingerprint density at radius 2 is 1.69 bits per heavy atom. The van der Waals surface area contributed by atoms with E-state index in [1.807, 2.05) is 0 Å². The molecule has 0 aliphatic carbocycles. The molecule has 3 aromatic rings. The van der Waals surface area contributed by atoms with Crippen molar-refractivity contribution in [3.8, 4) is 22.6 Å². The zero-order valence-electron chi connectivity index (χ0n) is 15.3. The number of ether oxygens (including phenoxy) is 1. The maximum absolute atomic E-state index is 14.0. The zero-order valence-corrected chi connectivity index (χ0v) is 16.1. The van der Waals surface area contributed by atoms with Crippen molar-refractivity contribution >= 4 is 16.7 Å². The van der Waals surface area contributed by atoms with Gasteiger partial charge in [0, 0.05) is 42.4 Å². The number of aryl methyl sites for hydroxylation is 1. The molecule has 29 heavy (non-hydrogen) atoms. The number of pyridine rings is 1. The van der Waals surface area contributed by atoms with Crippen molar-refractivity contribution in [3.63, 3.8) is 0 Å². The summed E-state index contributed by atoms with van der Waals surface area (Å²) in [6, 6.07) is 8.41. The van der Waals surface area contributed by atoms with Crippen molar-refractivity contribution in [2.45, 2.75) is 0 Å². The lowest BCUT2D eigenvalue weighted by Gasteiger charge is -2.15. The second kappa shape index (κ2) is 8.93. The van der Waals surface area contributed by atoms with Gasteiger partial charge in [0.15, 0.2) is 17.4 Å². The molecule has 1 unspecified atom stereocenters. The molecule has 3 N–H and O–H groups in total. The molecule has 0 saturated heterocycles. The Kier molecular flexibility index (Phi) is 6.83. The molecule has 0 aliphatic rings. The fraction of sp³-hybridized carbons (Fsp3) is 0.105. The van der Waals surface area contributed by atoms with Crippen molar-refractivity contribution in [3.05, 3.63) is 76.5 Å². The Labute approximate surface area is 166 Å². The fourth-order valence-electron chi connectivity index (χ4n) is 2.57. The SMILES string of the molecule is Cn1cc(-c2cc(NS(C)=O)ccc2Oc2ccc(F)cc2F)cc(F)c1=O.O. The first-order valence-electron chi connectivity index (χ1n) is 7.98. The van der Waals surface area contributed by atoms with Crippen LogP contribution in [0.4, 0.5) is 18.9 Å². The zero-order chi connectivity index (χ0) is 20.4. The van der Waals surface area contributed by atoms with Gasteiger partial charge in [-0.25, -0.2) is 17.4 Å². The standard InChI is InChI=1S/C19H15F3N2O3S.H2O/c1-24-10-11(7-16(22)19(24)25)14-9-13(23-28(2)26)4-6-17(14)27-18-5-3-12(20)8-15(18)21;/h3-10,23H,1-2H3;1H2. The number of anilines is 1. The van der Waals surface area contributed by atoms with Gasteiger partial charge in [-0.15, -0.1) is 0 Å². The number of hydrogen-bond acceptors (Lipinski definition) is 3. The van der Waals surface area contributed by atoms with E-state index in [1.165, 1.54) is 31.6 Å². The lowest BCUT2D eigenvalue weighted by atomic mass is 10.1. The van der Waals surface area contributed by atoms with Crippen molar-refractivity contribution in [2.24, 2.45) is 7.05 Å². The summed E-state index contributed by atoms with van der Waals surface area (Å²) in [7, 11) is 0.0209. The van der Waals surface area contributed by atoms with Gasteiger partial charge in [0.2, 0.25) is 0 Å². The Balaban J connectivity index is 0.00000300. The summed E-state index contributed by atoms with van der Waals surface area (Å²) >= 11 is 0. The average molecular weight is 426 g/mol. The molecule has 10 heteroatoms. The minimum atomic E-state index is -1.37. The molecule has 3 rings (SSSR count). The van der Waals surface area contributed by atoms with Crippen LogP contribution in [0.15, 0.2) is 53.5 Å². The first-order chi connectivity index (χ1) is 13.2. The van der Waals surface area contributed by atoms with Gasteiger partial charge in [-0.3, -0.25) is 4.79 Å². The van der Waals surface area contributed by atoms with Crippen LogP contribution in [0.25, 0.3) is 11.1 Å². The molecule has 1 heterocycles. The smallest absolute Gasteiger partial charge is 0.286 e. The van der Waals surface area contributed by atoms with E-state index in [-0.39, 0.29) is 22.5 Å². The minimum absolute atomic E-state index is 0. The monoisotopic (exact) mass is 426 g/mol. The molecule has 0 amide bonds. The number of hydrogen-bond donors (Lipinski definition) is 1. The van der Waals surface area contributed by atoms with Gasteiger partial charge in [0.05, 0.1) is 0 Å². The third kappa shape index (κ3) is 5.04. The number of halogens is 3. The van der Waals surface area contributed by atoms with Gasteiger partial charge in [-0.05, 0) is 36.4 Å². The van der Waals surface area contributed by atoms with E-state index in [1.54, 1.807) is 6.07 Å². The van der Waals surface area contributed by atoms with Crippen LogP contribution in [0.1, 0.15) is 0 Å². The number of rotatable bonds is 5. The van der Waals surface area contributed by atoms with Crippen LogP contribution in [0.2, 0.25) is 0 Å². The summed E-state index contributed by atoms with van der Waals surface area (Å²) in [5.41, 5.74) is 0.230. The molecule has 154 valence electrons. The maximum Gasteiger partial charge on any atom is 0.286 e. The predicted molar refractivity (Wildman–Crippen MR) is 105 cm³/mol. The molecule has 6 nitrogen and oxygen atoms in total. The van der Waals surface area contributed by atoms with E-state index in [0.717, 1.165) is 22.8 Å². The predicted octanol–water partition coefficient (Wildman–Crippen LogP) is 3.14. The number of nitrogens with one attached hydrogen (secondary N) is 1. The van der Waals surface area contributed by atoms with Crippen LogP contribution in [0, 0.1) is 17.5 Å². The van der Waals surface area contributed by atoms with E-state index < -0.39 is 34.0 Å². The van der Waals surface area contributed by atoms with E-state index in [9.17, 15) is 22.2 Å². The highest BCUT2D eigenvalue weighted by Crippen LogP contribution is 2.36. The van der Waals surface area contributed by atoms with Crippen LogP contribution in [0.5, 0.6) is 11.5 Å². The van der Waals surface area contributed by atoms with Crippen LogP contribution < -0.4 is 15.0 Å². The van der Waals surface area contributed by atoms with E-state index in [4.69, 9.17) is 4.74 Å². The Morgan fingerprint density at radius 1 is 1.00 bits per heavy atom. The van der Waals surface area contributed by atoms with E-state index in [2.05, 4.69) is 4.72 Å². The second-order valence-corrected chi connectivity index (χ2v) is 7.05. The van der Waals surface area contributed by atoms with Crippen molar-refractivity contribution < 1.29 is 27.6 Å². The molecular weight excluding hydrogens is 409 g/mol. The molecule has 1 aromatic heterocycles. The van der Waals surface area contributed by atoms with Gasteiger partial charge in [-0.2, -0.15) is 0 Å². The Morgan fingerprint density at radius 3 is 2.31 bits per heavy atom. The average Bonchev–Trinajstić information content (AvgIpc) is 2.62. The third-order valence-corrected chi connectivity index (χ3v) is 4.33. The van der Waals surface area contributed by atoms with Crippen molar-refractivity contribution in [1.29, 1.82) is 0 Å². The summed E-state index contributed by atoms with van der Waals surface area (Å²) in [6.45, 7) is 0. The lowest BCUT2D eigenvalue weighted by Crippen LogP contribution is -2.19. The van der Waals surface area contributed by atoms with Gasteiger partial charge in [-0.1, -0.05) is 0 Å². The van der Waals surface area contributed by atoms with E-state index in [0.29, 0.717) is 17.3 Å². The number of aromatic nitrogens is 1. The number of benzene rings is 2. The molecule has 0 fully saturated rings. The number of nitrogens with zero attached hydrogens (tertiary/aromatic N) is 1. The summed E-state index contributed by atoms with van der Waals surface area (Å²) in [4.78, 5) is 11.6. The van der Waals surface area contributed by atoms with Crippen LogP contribution in [-0.4, -0.2) is 20.5 Å². The molecule has 0 aliphatic heterocycles. The quantitative estimate of drug-likeness (QED) is 0.679. The molecule has 2 aromatic carbocycles. The molecular formula is C19H17F3N2O4S.